The summed E-state index contributed by atoms with van der Waals surface area (Å²) in [5.74, 6) is -0.827. The minimum atomic E-state index is -0.565. The van der Waals surface area contributed by atoms with E-state index in [0.29, 0.717) is 11.1 Å². The second-order valence-corrected chi connectivity index (χ2v) is 4.87. The van der Waals surface area contributed by atoms with E-state index in [1.807, 2.05) is 0 Å². The molecular formula is C13H17FO2. The topological polar surface area (TPSA) is 26.3 Å². The summed E-state index contributed by atoms with van der Waals surface area (Å²) in [6, 6.07) is 3.18. The summed E-state index contributed by atoms with van der Waals surface area (Å²) in [7, 11) is 0. The maximum atomic E-state index is 13.6. The zero-order valence-electron chi connectivity index (χ0n) is 10.3. The molecule has 16 heavy (non-hydrogen) atoms. The fourth-order valence-electron chi connectivity index (χ4n) is 1.37. The van der Waals surface area contributed by atoms with Crippen molar-refractivity contribution in [1.82, 2.24) is 0 Å². The first-order valence-electron chi connectivity index (χ1n) is 5.21. The van der Waals surface area contributed by atoms with Gasteiger partial charge >= 0.3 is 5.97 Å². The summed E-state index contributed by atoms with van der Waals surface area (Å²) in [4.78, 5) is 11.8. The van der Waals surface area contributed by atoms with E-state index < -0.39 is 11.6 Å². The molecule has 2 nitrogen and oxygen atoms in total. The fourth-order valence-corrected chi connectivity index (χ4v) is 1.37. The third-order valence-electron chi connectivity index (χ3n) is 2.20. The molecule has 0 aromatic heterocycles. The van der Waals surface area contributed by atoms with Gasteiger partial charge in [-0.05, 0) is 51.8 Å². The Hall–Kier alpha value is -1.38. The highest BCUT2D eigenvalue weighted by molar-refractivity contribution is 5.91. The normalized spacial score (nSPS) is 11.4. The van der Waals surface area contributed by atoms with Crippen molar-refractivity contribution in [2.45, 2.75) is 40.2 Å². The van der Waals surface area contributed by atoms with Gasteiger partial charge in [0.2, 0.25) is 0 Å². The van der Waals surface area contributed by atoms with Gasteiger partial charge in [-0.25, -0.2) is 9.18 Å². The summed E-state index contributed by atoms with van der Waals surface area (Å²) >= 11 is 0. The first kappa shape index (κ1) is 12.7. The standard InChI is InChI=1S/C13H17FO2/c1-8-6-7-10(9(2)11(8)14)12(15)16-13(3,4)5/h6-7H,1-5H3. The van der Waals surface area contributed by atoms with Crippen LogP contribution in [0.15, 0.2) is 12.1 Å². The van der Waals surface area contributed by atoms with Gasteiger partial charge in [-0.15, -0.1) is 0 Å². The van der Waals surface area contributed by atoms with Crippen LogP contribution < -0.4 is 0 Å². The van der Waals surface area contributed by atoms with E-state index in [1.165, 1.54) is 0 Å². The molecule has 0 unspecified atom stereocenters. The molecule has 0 saturated heterocycles. The zero-order chi connectivity index (χ0) is 12.5. The van der Waals surface area contributed by atoms with E-state index in [9.17, 15) is 9.18 Å². The van der Waals surface area contributed by atoms with E-state index in [0.717, 1.165) is 0 Å². The highest BCUT2D eigenvalue weighted by Gasteiger charge is 2.20. The number of halogens is 1. The molecule has 0 aliphatic carbocycles. The number of ether oxygens (including phenoxy) is 1. The lowest BCUT2D eigenvalue weighted by atomic mass is 10.0. The molecule has 1 rings (SSSR count). The summed E-state index contributed by atoms with van der Waals surface area (Å²) in [6.45, 7) is 8.60. The molecule has 0 spiro atoms. The van der Waals surface area contributed by atoms with Gasteiger partial charge in [0, 0.05) is 0 Å². The predicted octanol–water partition coefficient (Wildman–Crippen LogP) is 3.40. The molecular weight excluding hydrogens is 207 g/mol. The van der Waals surface area contributed by atoms with Gasteiger partial charge in [0.1, 0.15) is 11.4 Å². The molecule has 1 aromatic carbocycles. The number of benzene rings is 1. The Morgan fingerprint density at radius 3 is 2.31 bits per heavy atom. The Kier molecular flexibility index (Phi) is 3.36. The zero-order valence-corrected chi connectivity index (χ0v) is 10.3. The Bertz CT molecular complexity index is 417. The van der Waals surface area contributed by atoms with Crippen LogP contribution in [0.2, 0.25) is 0 Å². The molecule has 0 amide bonds. The van der Waals surface area contributed by atoms with Crippen LogP contribution in [-0.4, -0.2) is 11.6 Å². The third-order valence-corrected chi connectivity index (χ3v) is 2.20. The van der Waals surface area contributed by atoms with Crippen LogP contribution in [0.25, 0.3) is 0 Å². The predicted molar refractivity (Wildman–Crippen MR) is 61.0 cm³/mol. The average Bonchev–Trinajstić information content (AvgIpc) is 2.11. The summed E-state index contributed by atoms with van der Waals surface area (Å²) in [5, 5.41) is 0. The minimum Gasteiger partial charge on any atom is -0.456 e. The van der Waals surface area contributed by atoms with Crippen molar-refractivity contribution in [1.29, 1.82) is 0 Å². The molecule has 0 saturated carbocycles. The Labute approximate surface area is 95.4 Å². The maximum absolute atomic E-state index is 13.6. The lowest BCUT2D eigenvalue weighted by Gasteiger charge is -2.20. The van der Waals surface area contributed by atoms with E-state index in [-0.39, 0.29) is 11.4 Å². The summed E-state index contributed by atoms with van der Waals surface area (Å²) in [6.07, 6.45) is 0. The van der Waals surface area contributed by atoms with Crippen molar-refractivity contribution < 1.29 is 13.9 Å². The van der Waals surface area contributed by atoms with Crippen molar-refractivity contribution >= 4 is 5.97 Å². The van der Waals surface area contributed by atoms with Gasteiger partial charge in [-0.3, -0.25) is 0 Å². The molecule has 88 valence electrons. The fraction of sp³-hybridized carbons (Fsp3) is 0.462. The molecule has 0 bridgehead atoms. The van der Waals surface area contributed by atoms with E-state index >= 15 is 0 Å². The number of rotatable bonds is 1. The van der Waals surface area contributed by atoms with E-state index in [1.54, 1.807) is 46.8 Å². The van der Waals surface area contributed by atoms with Crippen LogP contribution in [0.5, 0.6) is 0 Å². The monoisotopic (exact) mass is 224 g/mol. The molecule has 0 N–H and O–H groups in total. The molecule has 0 radical (unpaired) electrons. The van der Waals surface area contributed by atoms with E-state index in [2.05, 4.69) is 0 Å². The van der Waals surface area contributed by atoms with Crippen LogP contribution in [-0.2, 0) is 4.74 Å². The number of aryl methyl sites for hydroxylation is 1. The van der Waals surface area contributed by atoms with Gasteiger partial charge in [0.05, 0.1) is 5.56 Å². The number of esters is 1. The molecule has 0 aliphatic heterocycles. The van der Waals surface area contributed by atoms with Crippen LogP contribution in [0.3, 0.4) is 0 Å². The van der Waals surface area contributed by atoms with Crippen LogP contribution in [0.1, 0.15) is 42.3 Å². The van der Waals surface area contributed by atoms with Gasteiger partial charge in [-0.2, -0.15) is 0 Å². The van der Waals surface area contributed by atoms with Crippen LogP contribution in [0, 0.1) is 19.7 Å². The minimum absolute atomic E-state index is 0.290. The maximum Gasteiger partial charge on any atom is 0.339 e. The molecule has 0 aliphatic rings. The summed E-state index contributed by atoms with van der Waals surface area (Å²) < 4.78 is 18.8. The van der Waals surface area contributed by atoms with Gasteiger partial charge < -0.3 is 4.74 Å². The Balaban J connectivity index is 3.06. The van der Waals surface area contributed by atoms with Gasteiger partial charge in [0.25, 0.3) is 0 Å². The Morgan fingerprint density at radius 2 is 1.81 bits per heavy atom. The molecule has 0 atom stereocenters. The first-order valence-corrected chi connectivity index (χ1v) is 5.21. The van der Waals surface area contributed by atoms with Crippen molar-refractivity contribution in [3.05, 3.63) is 34.6 Å². The lowest BCUT2D eigenvalue weighted by molar-refractivity contribution is 0.00682. The third kappa shape index (κ3) is 2.81. The largest absolute Gasteiger partial charge is 0.456 e. The van der Waals surface area contributed by atoms with Gasteiger partial charge in [0.15, 0.2) is 0 Å². The van der Waals surface area contributed by atoms with Crippen LogP contribution >= 0.6 is 0 Å². The molecule has 0 heterocycles. The number of hydrogen-bond donors (Lipinski definition) is 0. The number of hydrogen-bond acceptors (Lipinski definition) is 2. The Morgan fingerprint density at radius 1 is 1.25 bits per heavy atom. The summed E-state index contributed by atoms with van der Waals surface area (Å²) in [5.41, 5.74) is 0.599. The molecule has 1 aromatic rings. The lowest BCUT2D eigenvalue weighted by Crippen LogP contribution is -2.24. The SMILES string of the molecule is Cc1ccc(C(=O)OC(C)(C)C)c(C)c1F. The smallest absolute Gasteiger partial charge is 0.339 e. The second kappa shape index (κ2) is 4.24. The quantitative estimate of drug-likeness (QED) is 0.683. The number of carbonyl (C=O) groups excluding carboxylic acids is 1. The highest BCUT2D eigenvalue weighted by atomic mass is 19.1. The van der Waals surface area contributed by atoms with Gasteiger partial charge in [-0.1, -0.05) is 6.07 Å². The average molecular weight is 224 g/mol. The molecule has 0 fully saturated rings. The van der Waals surface area contributed by atoms with Crippen molar-refractivity contribution in [3.63, 3.8) is 0 Å². The highest BCUT2D eigenvalue weighted by Crippen LogP contribution is 2.19. The first-order chi connectivity index (χ1) is 7.22. The van der Waals surface area contributed by atoms with Crippen molar-refractivity contribution in [2.75, 3.05) is 0 Å². The van der Waals surface area contributed by atoms with E-state index in [4.69, 9.17) is 4.74 Å². The number of carbonyl (C=O) groups is 1. The molecule has 3 heteroatoms. The second-order valence-electron chi connectivity index (χ2n) is 4.87. The van der Waals surface area contributed by atoms with Crippen molar-refractivity contribution in [2.24, 2.45) is 0 Å². The van der Waals surface area contributed by atoms with Crippen LogP contribution in [0.4, 0.5) is 4.39 Å². The van der Waals surface area contributed by atoms with Crippen molar-refractivity contribution in [3.8, 4) is 0 Å².